The van der Waals surface area contributed by atoms with Crippen LogP contribution in [0.15, 0.2) is 24.3 Å². The Morgan fingerprint density at radius 1 is 1.14 bits per heavy atom. The van der Waals surface area contributed by atoms with Gasteiger partial charge in [-0.3, -0.25) is 4.79 Å². The van der Waals surface area contributed by atoms with Crippen LogP contribution in [0.1, 0.15) is 20.8 Å². The maximum Gasteiger partial charge on any atom is 0.434 e. The fourth-order valence-corrected chi connectivity index (χ4v) is 3.40. The Hall–Kier alpha value is -4.14. The molecule has 1 aromatic carbocycles. The Kier molecular flexibility index (Phi) is 7.91. The summed E-state index contributed by atoms with van der Waals surface area (Å²) in [6.45, 7) is 6.81. The van der Waals surface area contributed by atoms with E-state index in [2.05, 4.69) is 21.5 Å². The van der Waals surface area contributed by atoms with Gasteiger partial charge in [0.15, 0.2) is 0 Å². The zero-order valence-electron chi connectivity index (χ0n) is 19.9. The van der Waals surface area contributed by atoms with Crippen LogP contribution in [0.2, 0.25) is 0 Å². The van der Waals surface area contributed by atoms with Crippen LogP contribution in [0.3, 0.4) is 0 Å². The van der Waals surface area contributed by atoms with Crippen LogP contribution < -0.4 is 20.3 Å². The van der Waals surface area contributed by atoms with Crippen LogP contribution >= 0.6 is 0 Å². The lowest BCUT2D eigenvalue weighted by Gasteiger charge is -2.35. The third-order valence-electron chi connectivity index (χ3n) is 5.06. The minimum absolute atomic E-state index is 0.193. The molecule has 2 N–H and O–H groups in total. The van der Waals surface area contributed by atoms with Gasteiger partial charge >= 0.3 is 18.2 Å². The largest absolute Gasteiger partial charge is 0.481 e. The number of hydrogen-bond donors (Lipinski definition) is 2. The van der Waals surface area contributed by atoms with Crippen molar-refractivity contribution in [3.8, 4) is 18.1 Å². The number of alkyl carbamates (subject to hydrolysis) is 1. The number of ether oxygens (including phenoxy) is 2. The molecule has 0 aromatic heterocycles. The van der Waals surface area contributed by atoms with E-state index >= 15 is 0 Å². The minimum atomic E-state index is -1.08. The number of rotatable bonds is 6. The summed E-state index contributed by atoms with van der Waals surface area (Å²) in [5.74, 6) is 2.29. The molecule has 0 bridgehead atoms. The maximum absolute atomic E-state index is 12.6. The van der Waals surface area contributed by atoms with Crippen molar-refractivity contribution in [1.29, 1.82) is 0 Å². The highest BCUT2D eigenvalue weighted by Gasteiger charge is 2.42. The molecular formula is C23H29N5O7. The number of terminal acetylenes is 1. The lowest BCUT2D eigenvalue weighted by atomic mass is 10.2. The highest BCUT2D eigenvalue weighted by atomic mass is 16.7. The fourth-order valence-electron chi connectivity index (χ4n) is 3.40. The zero-order chi connectivity index (χ0) is 25.6. The number of piperazine rings is 1. The number of hydrogen-bond acceptors (Lipinski definition) is 8. The van der Waals surface area contributed by atoms with E-state index in [-0.39, 0.29) is 13.2 Å². The molecule has 1 aromatic rings. The molecule has 0 spiro atoms. The van der Waals surface area contributed by atoms with E-state index in [9.17, 15) is 19.2 Å². The quantitative estimate of drug-likeness (QED) is 0.454. The second kappa shape index (κ2) is 10.9. The molecule has 12 nitrogen and oxygen atoms in total. The standard InChI is InChI=1S/C23H29N5O7/c1-5-14-33-17-8-6-16(7-9-17)26-10-12-27(13-11-26)22(32)35-28-19(29)18(25-20(28)30)15-24-21(31)34-23(2,3)4/h1,6-9,18H,10-15H2,2-4H3,(H,24,31)(H,25,30). The summed E-state index contributed by atoms with van der Waals surface area (Å²) in [5.41, 5.74) is 0.249. The average molecular weight is 488 g/mol. The molecule has 3 rings (SSSR count). The molecule has 2 aliphatic heterocycles. The molecule has 5 amide bonds. The van der Waals surface area contributed by atoms with E-state index < -0.39 is 35.8 Å². The summed E-state index contributed by atoms with van der Waals surface area (Å²) < 4.78 is 10.5. The average Bonchev–Trinajstić information content (AvgIpc) is 3.08. The maximum atomic E-state index is 12.6. The first-order valence-corrected chi connectivity index (χ1v) is 11.1. The van der Waals surface area contributed by atoms with E-state index in [4.69, 9.17) is 20.7 Å². The lowest BCUT2D eigenvalue weighted by Crippen LogP contribution is -2.50. The van der Waals surface area contributed by atoms with Crippen molar-refractivity contribution in [2.45, 2.75) is 32.4 Å². The number of amides is 5. The Labute approximate surface area is 203 Å². The summed E-state index contributed by atoms with van der Waals surface area (Å²) in [6, 6.07) is 5.48. The number of nitrogens with zero attached hydrogens (tertiary/aromatic N) is 3. The highest BCUT2D eigenvalue weighted by Crippen LogP contribution is 2.21. The molecule has 0 saturated carbocycles. The number of nitrogens with one attached hydrogen (secondary N) is 2. The van der Waals surface area contributed by atoms with Crippen LogP contribution in [-0.2, 0) is 14.4 Å². The van der Waals surface area contributed by atoms with Crippen LogP contribution in [0.25, 0.3) is 0 Å². The van der Waals surface area contributed by atoms with E-state index in [1.807, 2.05) is 24.3 Å². The van der Waals surface area contributed by atoms with Gasteiger partial charge in [-0.05, 0) is 45.0 Å². The van der Waals surface area contributed by atoms with Gasteiger partial charge in [-0.1, -0.05) is 11.0 Å². The molecule has 2 heterocycles. The predicted molar refractivity (Wildman–Crippen MR) is 124 cm³/mol. The molecule has 0 radical (unpaired) electrons. The van der Waals surface area contributed by atoms with Gasteiger partial charge in [0.05, 0.1) is 6.54 Å². The molecule has 2 fully saturated rings. The molecule has 188 valence electrons. The van der Waals surface area contributed by atoms with Crippen molar-refractivity contribution >= 4 is 29.8 Å². The summed E-state index contributed by atoms with van der Waals surface area (Å²) in [7, 11) is 0. The van der Waals surface area contributed by atoms with E-state index in [0.717, 1.165) is 5.69 Å². The molecule has 2 saturated heterocycles. The first kappa shape index (κ1) is 25.5. The SMILES string of the molecule is C#CCOc1ccc(N2CCN(C(=O)ON3C(=O)NC(CNC(=O)OC(C)(C)C)C3=O)CC2)cc1. The minimum Gasteiger partial charge on any atom is -0.481 e. The third kappa shape index (κ3) is 6.92. The molecule has 2 aliphatic rings. The van der Waals surface area contributed by atoms with Crippen molar-refractivity contribution < 1.29 is 33.5 Å². The number of hydroxylamine groups is 2. The predicted octanol–water partition coefficient (Wildman–Crippen LogP) is 1.32. The van der Waals surface area contributed by atoms with Gasteiger partial charge < -0.3 is 34.7 Å². The fraction of sp³-hybridized carbons (Fsp3) is 0.478. The van der Waals surface area contributed by atoms with E-state index in [1.54, 1.807) is 20.8 Å². The van der Waals surface area contributed by atoms with Gasteiger partial charge in [-0.15, -0.1) is 6.42 Å². The number of urea groups is 1. The number of carbonyl (C=O) groups excluding carboxylic acids is 4. The van der Waals surface area contributed by atoms with Crippen molar-refractivity contribution in [3.05, 3.63) is 24.3 Å². The Morgan fingerprint density at radius 2 is 1.80 bits per heavy atom. The first-order chi connectivity index (χ1) is 16.6. The molecule has 1 atom stereocenters. The second-order valence-corrected chi connectivity index (χ2v) is 8.84. The Morgan fingerprint density at radius 3 is 2.40 bits per heavy atom. The smallest absolute Gasteiger partial charge is 0.434 e. The molecular weight excluding hydrogens is 458 g/mol. The summed E-state index contributed by atoms with van der Waals surface area (Å²) in [4.78, 5) is 57.5. The topological polar surface area (TPSA) is 130 Å². The molecule has 12 heteroatoms. The number of benzene rings is 1. The summed E-state index contributed by atoms with van der Waals surface area (Å²) in [6.07, 6.45) is 3.64. The van der Waals surface area contributed by atoms with Gasteiger partial charge in [-0.2, -0.15) is 0 Å². The van der Waals surface area contributed by atoms with Gasteiger partial charge in [0.25, 0.3) is 5.91 Å². The Bertz CT molecular complexity index is 991. The molecule has 1 unspecified atom stereocenters. The number of carbonyl (C=O) groups is 4. The van der Waals surface area contributed by atoms with Gasteiger partial charge in [-0.25, -0.2) is 14.4 Å². The second-order valence-electron chi connectivity index (χ2n) is 8.84. The van der Waals surface area contributed by atoms with Crippen LogP contribution in [0.5, 0.6) is 5.75 Å². The van der Waals surface area contributed by atoms with Crippen LogP contribution in [-0.4, -0.2) is 85.1 Å². The Balaban J connectivity index is 1.46. The van der Waals surface area contributed by atoms with Crippen molar-refractivity contribution in [2.24, 2.45) is 0 Å². The van der Waals surface area contributed by atoms with E-state index in [1.165, 1.54) is 4.90 Å². The van der Waals surface area contributed by atoms with Crippen molar-refractivity contribution in [3.63, 3.8) is 0 Å². The third-order valence-corrected chi connectivity index (χ3v) is 5.06. The monoisotopic (exact) mass is 487 g/mol. The normalized spacial score (nSPS) is 18.0. The zero-order valence-corrected chi connectivity index (χ0v) is 19.9. The molecule has 35 heavy (non-hydrogen) atoms. The van der Waals surface area contributed by atoms with Crippen LogP contribution in [0.4, 0.5) is 20.1 Å². The van der Waals surface area contributed by atoms with Gasteiger partial charge in [0.1, 0.15) is 24.0 Å². The first-order valence-electron chi connectivity index (χ1n) is 11.1. The lowest BCUT2D eigenvalue weighted by molar-refractivity contribution is -0.151. The summed E-state index contributed by atoms with van der Waals surface area (Å²) in [5, 5.41) is 5.15. The van der Waals surface area contributed by atoms with Crippen LogP contribution in [0, 0.1) is 12.3 Å². The highest BCUT2D eigenvalue weighted by molar-refractivity contribution is 6.04. The van der Waals surface area contributed by atoms with Gasteiger partial charge in [0.2, 0.25) is 0 Å². The summed E-state index contributed by atoms with van der Waals surface area (Å²) >= 11 is 0. The van der Waals surface area contributed by atoms with E-state index in [0.29, 0.717) is 37.0 Å². The number of imide groups is 1. The van der Waals surface area contributed by atoms with Crippen molar-refractivity contribution in [1.82, 2.24) is 20.6 Å². The van der Waals surface area contributed by atoms with Crippen molar-refractivity contribution in [2.75, 3.05) is 44.2 Å². The number of anilines is 1. The van der Waals surface area contributed by atoms with Gasteiger partial charge in [0, 0.05) is 31.9 Å². The molecule has 0 aliphatic carbocycles.